The van der Waals surface area contributed by atoms with E-state index in [0.717, 1.165) is 4.57 Å². The molecule has 0 radical (unpaired) electrons. The van der Waals surface area contributed by atoms with Gasteiger partial charge in [-0.15, -0.1) is 0 Å². The first kappa shape index (κ1) is 8.65. The predicted molar refractivity (Wildman–Crippen MR) is 54.5 cm³/mol. The summed E-state index contributed by atoms with van der Waals surface area (Å²) in [6, 6.07) is 1.53. The Labute approximate surface area is 87.0 Å². The molecule has 8 heteroatoms. The topological polar surface area (TPSA) is 112 Å². The zero-order valence-electron chi connectivity index (χ0n) is 7.89. The van der Waals surface area contributed by atoms with E-state index in [1.54, 1.807) is 0 Å². The van der Waals surface area contributed by atoms with E-state index in [9.17, 15) is 9.59 Å². The third kappa shape index (κ3) is 1.03. The molecule has 0 aliphatic heterocycles. The summed E-state index contributed by atoms with van der Waals surface area (Å²) < 4.78 is 0.952. The van der Waals surface area contributed by atoms with Crippen LogP contribution in [0, 0.1) is 0 Å². The molecule has 0 atom stereocenters. The van der Waals surface area contributed by atoms with Crippen LogP contribution >= 0.6 is 0 Å². The number of aromatic amines is 3. The zero-order valence-corrected chi connectivity index (χ0v) is 7.89. The second-order valence-corrected chi connectivity index (χ2v) is 3.14. The third-order valence-corrected chi connectivity index (χ3v) is 2.21. The number of aromatic nitrogens is 6. The van der Waals surface area contributed by atoms with Crippen molar-refractivity contribution in [3.05, 3.63) is 39.4 Å². The van der Waals surface area contributed by atoms with Gasteiger partial charge in [0.1, 0.15) is 11.3 Å². The molecule has 3 aromatic heterocycles. The van der Waals surface area contributed by atoms with E-state index in [1.165, 1.54) is 18.6 Å². The molecule has 0 saturated carbocycles. The van der Waals surface area contributed by atoms with Crippen LogP contribution in [0.1, 0.15) is 0 Å². The lowest BCUT2D eigenvalue weighted by Gasteiger charge is -1.99. The molecule has 3 heterocycles. The maximum absolute atomic E-state index is 11.9. The van der Waals surface area contributed by atoms with E-state index in [1.807, 2.05) is 0 Å². The van der Waals surface area contributed by atoms with Crippen molar-refractivity contribution in [2.45, 2.75) is 0 Å². The van der Waals surface area contributed by atoms with Crippen LogP contribution < -0.4 is 11.2 Å². The first-order valence-corrected chi connectivity index (χ1v) is 4.45. The normalized spacial score (nSPS) is 11.0. The molecular weight excluding hydrogens is 212 g/mol. The summed E-state index contributed by atoms with van der Waals surface area (Å²) in [5.41, 5.74) is -0.547. The molecule has 0 amide bonds. The van der Waals surface area contributed by atoms with Gasteiger partial charge in [0.15, 0.2) is 5.65 Å². The maximum Gasteiger partial charge on any atom is 0.335 e. The van der Waals surface area contributed by atoms with Gasteiger partial charge in [0.05, 0.1) is 12.5 Å². The Kier molecular flexibility index (Phi) is 1.58. The first-order chi connectivity index (χ1) is 7.77. The third-order valence-electron chi connectivity index (χ3n) is 2.21. The summed E-state index contributed by atoms with van der Waals surface area (Å²) in [6.45, 7) is 0. The first-order valence-electron chi connectivity index (χ1n) is 4.45. The molecule has 0 bridgehead atoms. The van der Waals surface area contributed by atoms with Gasteiger partial charge in [-0.25, -0.2) is 14.3 Å². The van der Waals surface area contributed by atoms with Crippen LogP contribution in [0.25, 0.3) is 17.0 Å². The average molecular weight is 218 g/mol. The van der Waals surface area contributed by atoms with E-state index in [2.05, 4.69) is 25.1 Å². The molecule has 80 valence electrons. The van der Waals surface area contributed by atoms with Gasteiger partial charge >= 0.3 is 5.69 Å². The molecule has 0 aliphatic rings. The van der Waals surface area contributed by atoms with Crippen molar-refractivity contribution in [2.75, 3.05) is 0 Å². The fraction of sp³-hybridized carbons (Fsp3) is 0. The highest BCUT2D eigenvalue weighted by atomic mass is 16.2. The number of hydrogen-bond donors (Lipinski definition) is 3. The van der Waals surface area contributed by atoms with Crippen molar-refractivity contribution in [1.29, 1.82) is 0 Å². The van der Waals surface area contributed by atoms with Crippen LogP contribution in [0.2, 0.25) is 0 Å². The number of nitrogens with zero attached hydrogens (tertiary/aromatic N) is 3. The summed E-state index contributed by atoms with van der Waals surface area (Å²) >= 11 is 0. The number of hydrogen-bond acceptors (Lipinski definition) is 4. The van der Waals surface area contributed by atoms with Gasteiger partial charge in [-0.05, 0) is 0 Å². The molecule has 3 N–H and O–H groups in total. The lowest BCUT2D eigenvalue weighted by molar-refractivity contribution is 0.852. The van der Waals surface area contributed by atoms with Crippen LogP contribution in [-0.4, -0.2) is 29.7 Å². The van der Waals surface area contributed by atoms with Crippen molar-refractivity contribution in [3.8, 4) is 5.82 Å². The molecule has 0 unspecified atom stereocenters. The molecule has 3 aromatic rings. The molecule has 0 aromatic carbocycles. The Bertz CT molecular complexity index is 747. The summed E-state index contributed by atoms with van der Waals surface area (Å²) in [6.07, 6.45) is 2.80. The molecule has 0 saturated heterocycles. The van der Waals surface area contributed by atoms with Crippen LogP contribution in [0.5, 0.6) is 0 Å². The zero-order chi connectivity index (χ0) is 11.1. The SMILES string of the molecule is O=c1[nH]c2nc[nH]c2c(=O)n1-c1ccn[nH]1. The second kappa shape index (κ2) is 2.92. The van der Waals surface area contributed by atoms with Crippen LogP contribution in [0.3, 0.4) is 0 Å². The van der Waals surface area contributed by atoms with Gasteiger partial charge in [0, 0.05) is 6.07 Å². The van der Waals surface area contributed by atoms with Crippen molar-refractivity contribution in [2.24, 2.45) is 0 Å². The molecule has 8 nitrogen and oxygen atoms in total. The molecule has 3 rings (SSSR count). The summed E-state index contributed by atoms with van der Waals surface area (Å²) in [5.74, 6) is 0.308. The lowest BCUT2D eigenvalue weighted by atomic mass is 10.5. The van der Waals surface area contributed by atoms with E-state index in [-0.39, 0.29) is 11.2 Å². The standard InChI is InChI=1S/C8H6N6O2/c15-7-5-6(10-3-9-5)12-8(16)14(7)4-1-2-11-13-4/h1-3H,(H,9,10)(H,11,13)(H,12,16). The Morgan fingerprint density at radius 1 is 1.31 bits per heavy atom. The van der Waals surface area contributed by atoms with Gasteiger partial charge in [0.2, 0.25) is 0 Å². The Balaban J connectivity index is 2.50. The highest BCUT2D eigenvalue weighted by Crippen LogP contribution is 1.99. The Morgan fingerprint density at radius 3 is 2.94 bits per heavy atom. The minimum absolute atomic E-state index is 0.241. The smallest absolute Gasteiger partial charge is 0.335 e. The molecule has 16 heavy (non-hydrogen) atoms. The molecule has 0 aliphatic carbocycles. The Morgan fingerprint density at radius 2 is 2.19 bits per heavy atom. The molecule has 0 fully saturated rings. The number of imidazole rings is 1. The fourth-order valence-electron chi connectivity index (χ4n) is 1.51. The van der Waals surface area contributed by atoms with Crippen molar-refractivity contribution in [3.63, 3.8) is 0 Å². The quantitative estimate of drug-likeness (QED) is 0.492. The predicted octanol–water partition coefficient (Wildman–Crippen LogP) is -0.875. The fourth-order valence-corrected chi connectivity index (χ4v) is 1.51. The van der Waals surface area contributed by atoms with Gasteiger partial charge < -0.3 is 4.98 Å². The van der Waals surface area contributed by atoms with Gasteiger partial charge in [-0.2, -0.15) is 5.10 Å². The minimum Gasteiger partial charge on any atom is -0.339 e. The highest BCUT2D eigenvalue weighted by molar-refractivity contribution is 5.68. The van der Waals surface area contributed by atoms with Crippen LogP contribution in [-0.2, 0) is 0 Å². The van der Waals surface area contributed by atoms with Crippen molar-refractivity contribution >= 4 is 11.2 Å². The summed E-state index contributed by atoms with van der Waals surface area (Å²) in [7, 11) is 0. The van der Waals surface area contributed by atoms with Crippen LogP contribution in [0.15, 0.2) is 28.2 Å². The summed E-state index contributed by atoms with van der Waals surface area (Å²) in [5, 5.41) is 6.24. The Hall–Kier alpha value is -2.64. The van der Waals surface area contributed by atoms with Crippen LogP contribution in [0.4, 0.5) is 0 Å². The second-order valence-electron chi connectivity index (χ2n) is 3.14. The maximum atomic E-state index is 11.9. The van der Waals surface area contributed by atoms with E-state index in [0.29, 0.717) is 5.82 Å². The van der Waals surface area contributed by atoms with Crippen molar-refractivity contribution < 1.29 is 0 Å². The number of rotatable bonds is 1. The average Bonchev–Trinajstić information content (AvgIpc) is 2.87. The number of H-pyrrole nitrogens is 3. The number of nitrogens with one attached hydrogen (secondary N) is 3. The summed E-state index contributed by atoms with van der Waals surface area (Å²) in [4.78, 5) is 32.6. The number of fused-ring (bicyclic) bond motifs is 1. The van der Waals surface area contributed by atoms with Crippen molar-refractivity contribution in [1.82, 2.24) is 29.7 Å². The monoisotopic (exact) mass is 218 g/mol. The van der Waals surface area contributed by atoms with Gasteiger partial charge in [-0.1, -0.05) is 0 Å². The van der Waals surface area contributed by atoms with E-state index in [4.69, 9.17) is 0 Å². The van der Waals surface area contributed by atoms with E-state index >= 15 is 0 Å². The largest absolute Gasteiger partial charge is 0.339 e. The van der Waals surface area contributed by atoms with E-state index < -0.39 is 11.2 Å². The molecule has 0 spiro atoms. The van der Waals surface area contributed by atoms with Gasteiger partial charge in [0.25, 0.3) is 5.56 Å². The lowest BCUT2D eigenvalue weighted by Crippen LogP contribution is -2.33. The minimum atomic E-state index is -0.561. The highest BCUT2D eigenvalue weighted by Gasteiger charge is 2.11. The molecular formula is C8H6N6O2. The van der Waals surface area contributed by atoms with Gasteiger partial charge in [-0.3, -0.25) is 14.9 Å².